The van der Waals surface area contributed by atoms with E-state index in [0.29, 0.717) is 40.5 Å². The van der Waals surface area contributed by atoms with E-state index >= 15 is 0 Å². The largest absolute Gasteiger partial charge is 0.497 e. The molecule has 0 aliphatic carbocycles. The van der Waals surface area contributed by atoms with Crippen LogP contribution >= 0.6 is 0 Å². The standard InChI is InChI=1S/C26H32N4O5/c1-6-14-30-17(4)22(24(31)35-16(2)3)23(29-26(30)33)18-10-12-19(13-11-18)27-25(32)28-20-8-7-9-21(15-20)34-5/h7-13,15-16,23H,6,14H2,1-5H3,(H,29,33)(H2,27,28,32). The number of rotatable bonds is 8. The number of ether oxygens (including phenoxy) is 2. The molecule has 35 heavy (non-hydrogen) atoms. The zero-order chi connectivity index (χ0) is 25.5. The first kappa shape index (κ1) is 25.6. The first-order chi connectivity index (χ1) is 16.7. The number of anilines is 2. The monoisotopic (exact) mass is 480 g/mol. The summed E-state index contributed by atoms with van der Waals surface area (Å²) >= 11 is 0. The van der Waals surface area contributed by atoms with Crippen LogP contribution in [0.3, 0.4) is 0 Å². The van der Waals surface area contributed by atoms with Crippen LogP contribution in [-0.4, -0.2) is 42.7 Å². The number of methoxy groups -OCH3 is 1. The Hall–Kier alpha value is -4.01. The number of hydrogen-bond acceptors (Lipinski definition) is 5. The fourth-order valence-electron chi connectivity index (χ4n) is 3.82. The maximum Gasteiger partial charge on any atom is 0.338 e. The fourth-order valence-corrected chi connectivity index (χ4v) is 3.82. The summed E-state index contributed by atoms with van der Waals surface area (Å²) in [5.41, 5.74) is 2.81. The van der Waals surface area contributed by atoms with Crippen molar-refractivity contribution in [3.8, 4) is 5.75 Å². The third kappa shape index (κ3) is 6.32. The van der Waals surface area contributed by atoms with Gasteiger partial charge in [0.25, 0.3) is 0 Å². The molecule has 1 aliphatic rings. The lowest BCUT2D eigenvalue weighted by molar-refractivity contribution is -0.143. The van der Waals surface area contributed by atoms with Crippen molar-refractivity contribution in [2.24, 2.45) is 0 Å². The minimum atomic E-state index is -0.665. The quantitative estimate of drug-likeness (QED) is 0.459. The average molecular weight is 481 g/mol. The summed E-state index contributed by atoms with van der Waals surface area (Å²) in [4.78, 5) is 39.7. The Kier molecular flexibility index (Phi) is 8.35. The third-order valence-electron chi connectivity index (χ3n) is 5.44. The second kappa shape index (κ2) is 11.4. The van der Waals surface area contributed by atoms with Crippen LogP contribution in [0.2, 0.25) is 0 Å². The number of esters is 1. The van der Waals surface area contributed by atoms with Crippen molar-refractivity contribution in [2.45, 2.75) is 46.3 Å². The van der Waals surface area contributed by atoms with Crippen LogP contribution in [0.4, 0.5) is 21.0 Å². The fraction of sp³-hybridized carbons (Fsp3) is 0.346. The van der Waals surface area contributed by atoms with Crippen molar-refractivity contribution in [1.29, 1.82) is 0 Å². The summed E-state index contributed by atoms with van der Waals surface area (Å²) in [5.74, 6) is 0.165. The van der Waals surface area contributed by atoms with Gasteiger partial charge in [-0.1, -0.05) is 25.1 Å². The predicted molar refractivity (Wildman–Crippen MR) is 134 cm³/mol. The topological polar surface area (TPSA) is 109 Å². The molecular formula is C26H32N4O5. The highest BCUT2D eigenvalue weighted by Gasteiger charge is 2.36. The van der Waals surface area contributed by atoms with Gasteiger partial charge in [0.05, 0.1) is 24.8 Å². The van der Waals surface area contributed by atoms with E-state index in [1.54, 1.807) is 81.3 Å². The molecule has 1 atom stereocenters. The van der Waals surface area contributed by atoms with Crippen LogP contribution < -0.4 is 20.7 Å². The van der Waals surface area contributed by atoms with Crippen molar-refractivity contribution in [2.75, 3.05) is 24.3 Å². The molecule has 0 saturated carbocycles. The van der Waals surface area contributed by atoms with Gasteiger partial charge in [-0.15, -0.1) is 0 Å². The minimum Gasteiger partial charge on any atom is -0.497 e. The van der Waals surface area contributed by atoms with Gasteiger partial charge in [0.1, 0.15) is 5.75 Å². The zero-order valence-electron chi connectivity index (χ0n) is 20.7. The van der Waals surface area contributed by atoms with Crippen molar-refractivity contribution in [1.82, 2.24) is 10.2 Å². The molecule has 0 saturated heterocycles. The number of allylic oxidation sites excluding steroid dienone is 1. The van der Waals surface area contributed by atoms with E-state index in [-0.39, 0.29) is 12.1 Å². The van der Waals surface area contributed by atoms with E-state index in [4.69, 9.17) is 9.47 Å². The highest BCUT2D eigenvalue weighted by Crippen LogP contribution is 2.32. The van der Waals surface area contributed by atoms with Gasteiger partial charge in [-0.3, -0.25) is 4.90 Å². The average Bonchev–Trinajstić information content (AvgIpc) is 2.81. The van der Waals surface area contributed by atoms with Gasteiger partial charge in [-0.25, -0.2) is 14.4 Å². The molecule has 0 spiro atoms. The van der Waals surface area contributed by atoms with E-state index < -0.39 is 18.0 Å². The molecule has 9 nitrogen and oxygen atoms in total. The molecule has 0 aromatic heterocycles. The Bertz CT molecular complexity index is 1110. The number of hydrogen-bond donors (Lipinski definition) is 3. The van der Waals surface area contributed by atoms with Gasteiger partial charge in [0, 0.05) is 29.7 Å². The third-order valence-corrected chi connectivity index (χ3v) is 5.44. The number of benzene rings is 2. The number of nitrogens with zero attached hydrogens (tertiary/aromatic N) is 1. The Balaban J connectivity index is 1.79. The zero-order valence-corrected chi connectivity index (χ0v) is 20.7. The Morgan fingerprint density at radius 2 is 1.77 bits per heavy atom. The molecule has 0 radical (unpaired) electrons. The molecule has 1 heterocycles. The summed E-state index contributed by atoms with van der Waals surface area (Å²) in [6.07, 6.45) is 0.454. The molecule has 3 rings (SSSR count). The first-order valence-electron chi connectivity index (χ1n) is 11.5. The Labute approximate surface area is 205 Å². The van der Waals surface area contributed by atoms with Crippen LogP contribution in [-0.2, 0) is 9.53 Å². The van der Waals surface area contributed by atoms with E-state index in [1.165, 1.54) is 0 Å². The van der Waals surface area contributed by atoms with Gasteiger partial charge >= 0.3 is 18.0 Å². The molecule has 1 unspecified atom stereocenters. The lowest BCUT2D eigenvalue weighted by Gasteiger charge is -2.35. The van der Waals surface area contributed by atoms with Gasteiger partial charge in [-0.2, -0.15) is 0 Å². The predicted octanol–water partition coefficient (Wildman–Crippen LogP) is 5.04. The smallest absolute Gasteiger partial charge is 0.338 e. The normalized spacial score (nSPS) is 15.5. The molecule has 2 aromatic carbocycles. The van der Waals surface area contributed by atoms with E-state index in [0.717, 1.165) is 6.42 Å². The summed E-state index contributed by atoms with van der Waals surface area (Å²) in [5, 5.41) is 8.44. The number of urea groups is 2. The summed E-state index contributed by atoms with van der Waals surface area (Å²) in [7, 11) is 1.56. The summed E-state index contributed by atoms with van der Waals surface area (Å²) < 4.78 is 10.6. The van der Waals surface area contributed by atoms with Crippen molar-refractivity contribution < 1.29 is 23.9 Å². The molecule has 2 aromatic rings. The second-order valence-electron chi connectivity index (χ2n) is 8.42. The van der Waals surface area contributed by atoms with E-state index in [1.807, 2.05) is 6.92 Å². The molecule has 4 amide bonds. The maximum absolute atomic E-state index is 13.0. The molecule has 3 N–H and O–H groups in total. The van der Waals surface area contributed by atoms with Crippen LogP contribution in [0, 0.1) is 0 Å². The van der Waals surface area contributed by atoms with Crippen LogP contribution in [0.15, 0.2) is 59.8 Å². The molecule has 186 valence electrons. The van der Waals surface area contributed by atoms with Gasteiger partial charge in [-0.05, 0) is 57.0 Å². The summed E-state index contributed by atoms with van der Waals surface area (Å²) in [6, 6.07) is 12.6. The van der Waals surface area contributed by atoms with Crippen LogP contribution in [0.25, 0.3) is 0 Å². The lowest BCUT2D eigenvalue weighted by atomic mass is 9.94. The van der Waals surface area contributed by atoms with Crippen molar-refractivity contribution >= 4 is 29.4 Å². The lowest BCUT2D eigenvalue weighted by Crippen LogP contribution is -2.48. The van der Waals surface area contributed by atoms with E-state index in [9.17, 15) is 14.4 Å². The molecule has 9 heteroatoms. The molecule has 1 aliphatic heterocycles. The molecule has 0 bridgehead atoms. The minimum absolute atomic E-state index is 0.268. The summed E-state index contributed by atoms with van der Waals surface area (Å²) in [6.45, 7) is 7.79. The SMILES string of the molecule is CCCN1C(=O)NC(c2ccc(NC(=O)Nc3cccc(OC)c3)cc2)C(C(=O)OC(C)C)=C1C. The first-order valence-corrected chi connectivity index (χ1v) is 11.5. The highest BCUT2D eigenvalue weighted by atomic mass is 16.5. The Morgan fingerprint density at radius 3 is 2.40 bits per heavy atom. The van der Waals surface area contributed by atoms with Crippen LogP contribution in [0.1, 0.15) is 45.7 Å². The number of nitrogens with one attached hydrogen (secondary N) is 3. The van der Waals surface area contributed by atoms with E-state index in [2.05, 4.69) is 16.0 Å². The van der Waals surface area contributed by atoms with Gasteiger partial charge in [0.2, 0.25) is 0 Å². The second-order valence-corrected chi connectivity index (χ2v) is 8.42. The molecular weight excluding hydrogens is 448 g/mol. The highest BCUT2D eigenvalue weighted by molar-refractivity contribution is 6.00. The maximum atomic E-state index is 13.0. The van der Waals surface area contributed by atoms with Crippen molar-refractivity contribution in [3.05, 3.63) is 65.4 Å². The van der Waals surface area contributed by atoms with Gasteiger partial charge < -0.3 is 25.4 Å². The van der Waals surface area contributed by atoms with Gasteiger partial charge in [0.15, 0.2) is 0 Å². The number of amides is 4. The Morgan fingerprint density at radius 1 is 1.09 bits per heavy atom. The number of carbonyl (C=O) groups is 3. The molecule has 0 fully saturated rings. The number of carbonyl (C=O) groups excluding carboxylic acids is 3. The van der Waals surface area contributed by atoms with Crippen LogP contribution in [0.5, 0.6) is 5.75 Å². The van der Waals surface area contributed by atoms with Crippen molar-refractivity contribution in [3.63, 3.8) is 0 Å².